The molecule has 2 aromatic carbocycles. The van der Waals surface area contributed by atoms with Gasteiger partial charge in [-0.25, -0.2) is 15.2 Å². The molecule has 2 aliphatic rings. The number of nitrogens with one attached hydrogen (secondary N) is 1. The van der Waals surface area contributed by atoms with E-state index < -0.39 is 12.2 Å². The van der Waals surface area contributed by atoms with Crippen molar-refractivity contribution >= 4 is 24.1 Å². The summed E-state index contributed by atoms with van der Waals surface area (Å²) in [5.74, 6) is 0.181. The summed E-state index contributed by atoms with van der Waals surface area (Å²) in [7, 11) is 3.15. The maximum atomic E-state index is 12.9. The number of imide groups is 1. The van der Waals surface area contributed by atoms with Crippen molar-refractivity contribution in [1.29, 1.82) is 0 Å². The second-order valence-electron chi connectivity index (χ2n) is 7.00. The van der Waals surface area contributed by atoms with Gasteiger partial charge in [0.25, 0.3) is 5.91 Å². The van der Waals surface area contributed by atoms with Gasteiger partial charge >= 0.3 is 6.03 Å². The van der Waals surface area contributed by atoms with Crippen LogP contribution in [0.5, 0.6) is 0 Å². The van der Waals surface area contributed by atoms with E-state index in [1.54, 1.807) is 13.3 Å². The molecule has 1 fully saturated rings. The Morgan fingerprint density at radius 2 is 1.69 bits per heavy atom. The second-order valence-corrected chi connectivity index (χ2v) is 7.00. The SMILES string of the molecule is CN1C(=O)C2C(N=C(N/N=C\c3ccccc3)N2Cc2ccccc2)N(C)C1=O. The zero-order valence-electron chi connectivity index (χ0n) is 16.3. The summed E-state index contributed by atoms with van der Waals surface area (Å²) in [5, 5.41) is 4.29. The summed E-state index contributed by atoms with van der Waals surface area (Å²) in [6, 6.07) is 18.5. The summed E-state index contributed by atoms with van der Waals surface area (Å²) in [6.07, 6.45) is 1.10. The van der Waals surface area contributed by atoms with E-state index in [9.17, 15) is 9.59 Å². The Morgan fingerprint density at radius 1 is 1.03 bits per heavy atom. The smallest absolute Gasteiger partial charge is 0.321 e. The molecule has 0 radical (unpaired) electrons. The Morgan fingerprint density at radius 3 is 2.38 bits per heavy atom. The molecule has 1 saturated heterocycles. The average Bonchev–Trinajstić information content (AvgIpc) is 3.10. The third-order valence-corrected chi connectivity index (χ3v) is 5.09. The molecule has 2 heterocycles. The highest BCUT2D eigenvalue weighted by Crippen LogP contribution is 2.27. The van der Waals surface area contributed by atoms with Gasteiger partial charge in [0.1, 0.15) is 0 Å². The van der Waals surface area contributed by atoms with Crippen LogP contribution >= 0.6 is 0 Å². The molecule has 2 atom stereocenters. The standard InChI is InChI=1S/C21H22N6O2/c1-25-18-17(19(28)26(2)21(25)29)27(14-16-11-7-4-8-12-16)20(23-18)24-22-13-15-9-5-3-6-10-15/h3-13,17-18H,14H2,1-2H3,(H,23,24)/b22-13-. The number of fused-ring (bicyclic) bond motifs is 1. The van der Waals surface area contributed by atoms with Crippen molar-refractivity contribution < 1.29 is 9.59 Å². The van der Waals surface area contributed by atoms with Crippen LogP contribution < -0.4 is 5.43 Å². The number of benzene rings is 2. The highest BCUT2D eigenvalue weighted by Gasteiger charge is 2.51. The lowest BCUT2D eigenvalue weighted by atomic mass is 10.1. The summed E-state index contributed by atoms with van der Waals surface area (Å²) in [5.41, 5.74) is 4.94. The summed E-state index contributed by atoms with van der Waals surface area (Å²) < 4.78 is 0. The Kier molecular flexibility index (Phi) is 4.99. The van der Waals surface area contributed by atoms with Crippen molar-refractivity contribution in [3.63, 3.8) is 0 Å². The third-order valence-electron chi connectivity index (χ3n) is 5.09. The van der Waals surface area contributed by atoms with Crippen molar-refractivity contribution in [2.75, 3.05) is 14.1 Å². The van der Waals surface area contributed by atoms with E-state index in [0.717, 1.165) is 16.0 Å². The first kappa shape index (κ1) is 18.7. The molecule has 8 heteroatoms. The molecule has 0 saturated carbocycles. The number of hydrazone groups is 1. The van der Waals surface area contributed by atoms with Gasteiger partial charge in [0.2, 0.25) is 5.96 Å². The Bertz CT molecular complexity index is 960. The fourth-order valence-electron chi connectivity index (χ4n) is 3.51. The van der Waals surface area contributed by atoms with Crippen molar-refractivity contribution in [2.24, 2.45) is 10.1 Å². The molecular weight excluding hydrogens is 368 g/mol. The number of hydrogen-bond acceptors (Lipinski definition) is 6. The van der Waals surface area contributed by atoms with Crippen molar-refractivity contribution in [2.45, 2.75) is 18.8 Å². The van der Waals surface area contributed by atoms with Gasteiger partial charge in [-0.15, -0.1) is 0 Å². The number of hydrogen-bond donors (Lipinski definition) is 1. The van der Waals surface area contributed by atoms with Gasteiger partial charge in [0.05, 0.1) is 6.21 Å². The number of likely N-dealkylation sites (N-methyl/N-ethyl adjacent to an activating group) is 2. The van der Waals surface area contributed by atoms with Crippen molar-refractivity contribution in [3.8, 4) is 0 Å². The van der Waals surface area contributed by atoms with E-state index in [2.05, 4.69) is 15.5 Å². The predicted molar refractivity (Wildman–Crippen MR) is 110 cm³/mol. The van der Waals surface area contributed by atoms with E-state index >= 15 is 0 Å². The molecule has 3 amide bonds. The minimum atomic E-state index is -0.600. The fourth-order valence-corrected chi connectivity index (χ4v) is 3.51. The molecule has 2 aromatic rings. The lowest BCUT2D eigenvalue weighted by molar-refractivity contribution is -0.136. The molecule has 0 spiro atoms. The summed E-state index contributed by atoms with van der Waals surface area (Å²) in [6.45, 7) is 0.469. The van der Waals surface area contributed by atoms with Gasteiger partial charge in [0, 0.05) is 20.6 Å². The van der Waals surface area contributed by atoms with Crippen LogP contribution in [0.2, 0.25) is 0 Å². The van der Waals surface area contributed by atoms with E-state index in [1.165, 1.54) is 11.9 Å². The molecule has 4 rings (SSSR count). The maximum absolute atomic E-state index is 12.9. The molecule has 1 N–H and O–H groups in total. The molecule has 0 aromatic heterocycles. The Labute approximate surface area is 169 Å². The summed E-state index contributed by atoms with van der Waals surface area (Å²) >= 11 is 0. The number of amides is 3. The molecule has 2 unspecified atom stereocenters. The van der Waals surface area contributed by atoms with Crippen molar-refractivity contribution in [1.82, 2.24) is 20.1 Å². The first-order valence-corrected chi connectivity index (χ1v) is 9.33. The average molecular weight is 390 g/mol. The van der Waals surface area contributed by atoms with Crippen LogP contribution in [0.3, 0.4) is 0 Å². The van der Waals surface area contributed by atoms with Gasteiger partial charge in [-0.3, -0.25) is 9.69 Å². The Hall–Kier alpha value is -3.68. The molecular formula is C21H22N6O2. The number of rotatable bonds is 4. The molecule has 2 aliphatic heterocycles. The van der Waals surface area contributed by atoms with Gasteiger partial charge in [-0.2, -0.15) is 5.10 Å². The predicted octanol–water partition coefficient (Wildman–Crippen LogP) is 1.70. The van der Waals surface area contributed by atoms with Crippen LogP contribution in [-0.4, -0.2) is 65.1 Å². The van der Waals surface area contributed by atoms with E-state index in [0.29, 0.717) is 12.5 Å². The van der Waals surface area contributed by atoms with Gasteiger partial charge in [-0.1, -0.05) is 60.7 Å². The first-order chi connectivity index (χ1) is 14.1. The van der Waals surface area contributed by atoms with E-state index in [-0.39, 0.29) is 11.9 Å². The van der Waals surface area contributed by atoms with Crippen LogP contribution in [0, 0.1) is 0 Å². The number of aliphatic imine (C=N–C) groups is 1. The van der Waals surface area contributed by atoms with Crippen LogP contribution in [0.25, 0.3) is 0 Å². The highest BCUT2D eigenvalue weighted by molar-refractivity contribution is 6.03. The van der Waals surface area contributed by atoms with Crippen LogP contribution in [0.1, 0.15) is 11.1 Å². The van der Waals surface area contributed by atoms with Crippen LogP contribution in [0.4, 0.5) is 4.79 Å². The molecule has 0 aliphatic carbocycles. The number of carbonyl (C=O) groups is 2. The highest BCUT2D eigenvalue weighted by atomic mass is 16.2. The van der Waals surface area contributed by atoms with Crippen LogP contribution in [-0.2, 0) is 11.3 Å². The Balaban J connectivity index is 1.62. The minimum absolute atomic E-state index is 0.276. The molecule has 148 valence electrons. The fraction of sp³-hybridized carbons (Fsp3) is 0.238. The molecule has 8 nitrogen and oxygen atoms in total. The monoisotopic (exact) mass is 390 g/mol. The van der Waals surface area contributed by atoms with Gasteiger partial charge in [0.15, 0.2) is 12.2 Å². The zero-order valence-corrected chi connectivity index (χ0v) is 16.3. The number of nitrogens with zero attached hydrogens (tertiary/aromatic N) is 5. The normalized spacial score (nSPS) is 21.6. The lowest BCUT2D eigenvalue weighted by Crippen LogP contribution is -2.64. The minimum Gasteiger partial charge on any atom is -0.321 e. The molecule has 29 heavy (non-hydrogen) atoms. The molecule has 0 bridgehead atoms. The first-order valence-electron chi connectivity index (χ1n) is 9.33. The topological polar surface area (TPSA) is 80.6 Å². The largest absolute Gasteiger partial charge is 0.328 e. The van der Waals surface area contributed by atoms with Crippen molar-refractivity contribution in [3.05, 3.63) is 71.8 Å². The van der Waals surface area contributed by atoms with E-state index in [1.807, 2.05) is 65.6 Å². The number of guanidine groups is 1. The number of carbonyl (C=O) groups excluding carboxylic acids is 2. The van der Waals surface area contributed by atoms with Gasteiger partial charge in [-0.05, 0) is 11.1 Å². The van der Waals surface area contributed by atoms with Gasteiger partial charge < -0.3 is 9.80 Å². The summed E-state index contributed by atoms with van der Waals surface area (Å²) in [4.78, 5) is 34.3. The lowest BCUT2D eigenvalue weighted by Gasteiger charge is -2.39. The maximum Gasteiger partial charge on any atom is 0.328 e. The number of urea groups is 1. The van der Waals surface area contributed by atoms with Crippen LogP contribution in [0.15, 0.2) is 70.8 Å². The zero-order chi connectivity index (χ0) is 20.4. The second kappa shape index (κ2) is 7.75. The quantitative estimate of drug-likeness (QED) is 0.637. The third kappa shape index (κ3) is 3.56. The van der Waals surface area contributed by atoms with E-state index in [4.69, 9.17) is 0 Å².